The van der Waals surface area contributed by atoms with Gasteiger partial charge in [-0.15, -0.1) is 0 Å². The van der Waals surface area contributed by atoms with Crippen LogP contribution in [0.2, 0.25) is 0 Å². The second kappa shape index (κ2) is 8.81. The van der Waals surface area contributed by atoms with Crippen molar-refractivity contribution < 1.29 is 24.2 Å². The third-order valence-corrected chi connectivity index (χ3v) is 6.30. The van der Waals surface area contributed by atoms with E-state index in [-0.39, 0.29) is 24.9 Å². The summed E-state index contributed by atoms with van der Waals surface area (Å²) < 4.78 is 5.15. The van der Waals surface area contributed by atoms with Crippen LogP contribution in [0.15, 0.2) is 29.2 Å². The number of aliphatic hydroxyl groups excluding tert-OH is 1. The summed E-state index contributed by atoms with van der Waals surface area (Å²) in [5.74, 6) is 1.24. The molecule has 2 aliphatic heterocycles. The molecule has 1 aromatic carbocycles. The van der Waals surface area contributed by atoms with Gasteiger partial charge in [-0.05, 0) is 35.5 Å². The molecule has 2 heterocycles. The van der Waals surface area contributed by atoms with Crippen molar-refractivity contribution in [1.82, 2.24) is 10.2 Å². The molecule has 2 fully saturated rings. The average molecular weight is 409 g/mol. The van der Waals surface area contributed by atoms with Gasteiger partial charge in [-0.1, -0.05) is 12.1 Å². The van der Waals surface area contributed by atoms with Gasteiger partial charge in [0.05, 0.1) is 24.2 Å². The third kappa shape index (κ3) is 4.85. The summed E-state index contributed by atoms with van der Waals surface area (Å²) >= 11 is 2.43. The molecular formula is C18H20N2O5S2. The zero-order valence-corrected chi connectivity index (χ0v) is 16.3. The molecule has 0 saturated carbocycles. The number of carbonyl (C=O) groups is 3. The first kappa shape index (κ1) is 19.8. The second-order valence-electron chi connectivity index (χ2n) is 6.14. The number of imide groups is 1. The largest absolute Gasteiger partial charge is 0.497 e. The van der Waals surface area contributed by atoms with Gasteiger partial charge in [0, 0.05) is 24.5 Å². The van der Waals surface area contributed by atoms with Crippen LogP contribution in [0.25, 0.3) is 6.08 Å². The molecule has 1 aromatic rings. The minimum absolute atomic E-state index is 0.0123. The number of carbonyl (C=O) groups excluding carboxylic acids is 3. The highest BCUT2D eigenvalue weighted by atomic mass is 32.2. The predicted molar refractivity (Wildman–Crippen MR) is 106 cm³/mol. The molecular weight excluding hydrogens is 388 g/mol. The quantitative estimate of drug-likeness (QED) is 0.692. The predicted octanol–water partition coefficient (Wildman–Crippen LogP) is 1.71. The van der Waals surface area contributed by atoms with Gasteiger partial charge in [-0.25, -0.2) is 0 Å². The van der Waals surface area contributed by atoms with E-state index < -0.39 is 17.3 Å². The fourth-order valence-electron chi connectivity index (χ4n) is 2.75. The number of nitrogens with zero attached hydrogens (tertiary/aromatic N) is 1. The molecule has 0 bridgehead atoms. The Balaban J connectivity index is 1.58. The van der Waals surface area contributed by atoms with Crippen molar-refractivity contribution in [1.29, 1.82) is 0 Å². The van der Waals surface area contributed by atoms with Crippen LogP contribution >= 0.6 is 23.5 Å². The highest BCUT2D eigenvalue weighted by Gasteiger charge is 2.35. The fraction of sp³-hybridized carbons (Fsp3) is 0.389. The highest BCUT2D eigenvalue weighted by molar-refractivity contribution is 8.18. The van der Waals surface area contributed by atoms with Gasteiger partial charge in [0.2, 0.25) is 5.91 Å². The number of rotatable bonds is 6. The molecule has 2 aliphatic rings. The molecule has 27 heavy (non-hydrogen) atoms. The normalized spacial score (nSPS) is 23.9. The van der Waals surface area contributed by atoms with Crippen LogP contribution in [0.4, 0.5) is 4.79 Å². The maximum absolute atomic E-state index is 12.5. The van der Waals surface area contributed by atoms with Crippen molar-refractivity contribution >= 4 is 46.7 Å². The summed E-state index contributed by atoms with van der Waals surface area (Å²) in [6.07, 6.45) is 1.10. The van der Waals surface area contributed by atoms with Crippen molar-refractivity contribution in [2.45, 2.75) is 18.6 Å². The van der Waals surface area contributed by atoms with Crippen molar-refractivity contribution in [2.75, 3.05) is 25.2 Å². The fourth-order valence-corrected chi connectivity index (χ4v) is 4.78. The summed E-state index contributed by atoms with van der Waals surface area (Å²) in [4.78, 5) is 38.1. The van der Waals surface area contributed by atoms with Crippen LogP contribution < -0.4 is 10.1 Å². The van der Waals surface area contributed by atoms with E-state index in [1.54, 1.807) is 43.1 Å². The molecule has 7 nitrogen and oxygen atoms in total. The van der Waals surface area contributed by atoms with Crippen molar-refractivity contribution in [3.05, 3.63) is 34.7 Å². The average Bonchev–Trinajstić information content (AvgIpc) is 3.16. The smallest absolute Gasteiger partial charge is 0.293 e. The van der Waals surface area contributed by atoms with Crippen LogP contribution in [-0.2, 0) is 9.59 Å². The highest BCUT2D eigenvalue weighted by Crippen LogP contribution is 2.32. The molecule has 0 spiro atoms. The van der Waals surface area contributed by atoms with E-state index in [1.807, 2.05) is 6.07 Å². The standard InChI is InChI=1S/C18H20N2O5S2/c1-25-12-4-2-3-11(7-12)8-15-17(23)20(18(24)27-15)6-5-16(22)19-13-9-26-10-14(13)21/h2-4,7-8,13-14,21H,5-6,9-10H2,1H3,(H,19,22). The number of hydrogen-bond acceptors (Lipinski definition) is 7. The number of methoxy groups -OCH3 is 1. The number of hydrogen-bond donors (Lipinski definition) is 2. The Bertz CT molecular complexity index is 783. The van der Waals surface area contributed by atoms with Gasteiger partial charge < -0.3 is 15.2 Å². The third-order valence-electron chi connectivity index (χ3n) is 4.22. The van der Waals surface area contributed by atoms with Gasteiger partial charge in [0.25, 0.3) is 11.1 Å². The van der Waals surface area contributed by atoms with Gasteiger partial charge in [-0.2, -0.15) is 11.8 Å². The van der Waals surface area contributed by atoms with Gasteiger partial charge in [-0.3, -0.25) is 19.3 Å². The Labute approximate surface area is 165 Å². The molecule has 2 unspecified atom stereocenters. The Morgan fingerprint density at radius 2 is 2.22 bits per heavy atom. The lowest BCUT2D eigenvalue weighted by Crippen LogP contribution is -2.43. The Kier molecular flexibility index (Phi) is 6.46. The van der Waals surface area contributed by atoms with Crippen LogP contribution in [-0.4, -0.2) is 64.4 Å². The van der Waals surface area contributed by atoms with Crippen LogP contribution in [0.3, 0.4) is 0 Å². The van der Waals surface area contributed by atoms with Crippen molar-refractivity contribution in [3.63, 3.8) is 0 Å². The number of nitrogens with one attached hydrogen (secondary N) is 1. The zero-order valence-electron chi connectivity index (χ0n) is 14.7. The Morgan fingerprint density at radius 1 is 1.41 bits per heavy atom. The summed E-state index contributed by atoms with van der Waals surface area (Å²) in [5, 5.41) is 12.1. The number of benzene rings is 1. The molecule has 0 radical (unpaired) electrons. The number of thioether (sulfide) groups is 2. The monoisotopic (exact) mass is 408 g/mol. The molecule has 2 N–H and O–H groups in total. The summed E-state index contributed by atoms with van der Waals surface area (Å²) in [7, 11) is 1.56. The first-order valence-electron chi connectivity index (χ1n) is 8.42. The maximum Gasteiger partial charge on any atom is 0.293 e. The second-order valence-corrected chi connectivity index (χ2v) is 8.21. The van der Waals surface area contributed by atoms with E-state index >= 15 is 0 Å². The molecule has 2 atom stereocenters. The molecule has 0 aromatic heterocycles. The van der Waals surface area contributed by atoms with E-state index in [4.69, 9.17) is 4.74 Å². The molecule has 0 aliphatic carbocycles. The van der Waals surface area contributed by atoms with E-state index in [9.17, 15) is 19.5 Å². The molecule has 144 valence electrons. The molecule has 9 heteroatoms. The Hall–Kier alpha value is -1.97. The number of amides is 3. The van der Waals surface area contributed by atoms with E-state index in [0.717, 1.165) is 22.2 Å². The minimum atomic E-state index is -0.554. The topological polar surface area (TPSA) is 95.9 Å². The summed E-state index contributed by atoms with van der Waals surface area (Å²) in [5.41, 5.74) is 0.755. The Morgan fingerprint density at radius 3 is 2.93 bits per heavy atom. The van der Waals surface area contributed by atoms with Gasteiger partial charge in [0.1, 0.15) is 5.75 Å². The first-order valence-corrected chi connectivity index (χ1v) is 10.4. The van der Waals surface area contributed by atoms with Crippen molar-refractivity contribution in [3.8, 4) is 5.75 Å². The van der Waals surface area contributed by atoms with Crippen LogP contribution in [0, 0.1) is 0 Å². The van der Waals surface area contributed by atoms with Crippen LogP contribution in [0.1, 0.15) is 12.0 Å². The van der Waals surface area contributed by atoms with E-state index in [2.05, 4.69) is 5.32 Å². The summed E-state index contributed by atoms with van der Waals surface area (Å²) in [6.45, 7) is 0.0158. The minimum Gasteiger partial charge on any atom is -0.497 e. The lowest BCUT2D eigenvalue weighted by atomic mass is 10.2. The molecule has 3 rings (SSSR count). The zero-order chi connectivity index (χ0) is 19.4. The summed E-state index contributed by atoms with van der Waals surface area (Å²) in [6, 6.07) is 6.91. The maximum atomic E-state index is 12.5. The SMILES string of the molecule is COc1cccc(C=C2SC(=O)N(CCC(=O)NC3CSCC3O)C2=O)c1. The van der Waals surface area contributed by atoms with E-state index in [1.165, 1.54) is 0 Å². The number of aliphatic hydroxyl groups is 1. The lowest BCUT2D eigenvalue weighted by molar-refractivity contribution is -0.124. The molecule has 2 saturated heterocycles. The lowest BCUT2D eigenvalue weighted by Gasteiger charge is -2.17. The molecule has 3 amide bonds. The van der Waals surface area contributed by atoms with Crippen molar-refractivity contribution in [2.24, 2.45) is 0 Å². The van der Waals surface area contributed by atoms with E-state index in [0.29, 0.717) is 22.2 Å². The first-order chi connectivity index (χ1) is 13.0. The van der Waals surface area contributed by atoms with Gasteiger partial charge >= 0.3 is 0 Å². The number of ether oxygens (including phenoxy) is 1. The van der Waals surface area contributed by atoms with Crippen LogP contribution in [0.5, 0.6) is 5.75 Å². The van der Waals surface area contributed by atoms with Gasteiger partial charge in [0.15, 0.2) is 0 Å².